The Kier molecular flexibility index (Phi) is 4.04. The Morgan fingerprint density at radius 2 is 1.79 bits per heavy atom. The standard InChI is InChI=1S/C15H13ClN4O3S/c1-20-13-7-2-9(16)8-12(13)14(15(20)21)19-18-10-3-5-11(6-4-10)24(17,22)23/h2-8,21H,1H3,(H2,17,22,23). The molecule has 7 nitrogen and oxygen atoms in total. The van der Waals surface area contributed by atoms with E-state index in [1.807, 2.05) is 0 Å². The second-order valence-corrected chi connectivity index (χ2v) is 7.13. The van der Waals surface area contributed by atoms with Gasteiger partial charge >= 0.3 is 0 Å². The van der Waals surface area contributed by atoms with E-state index < -0.39 is 10.0 Å². The number of hydrogen-bond donors (Lipinski definition) is 2. The van der Waals surface area contributed by atoms with E-state index in [0.29, 0.717) is 16.1 Å². The maximum Gasteiger partial charge on any atom is 0.238 e. The number of rotatable bonds is 3. The molecule has 0 spiro atoms. The van der Waals surface area contributed by atoms with Crippen LogP contribution in [-0.4, -0.2) is 18.1 Å². The van der Waals surface area contributed by atoms with Gasteiger partial charge in [-0.05, 0) is 42.5 Å². The molecule has 0 bridgehead atoms. The van der Waals surface area contributed by atoms with E-state index in [0.717, 1.165) is 5.52 Å². The Morgan fingerprint density at radius 3 is 2.42 bits per heavy atom. The predicted molar refractivity (Wildman–Crippen MR) is 91.6 cm³/mol. The zero-order chi connectivity index (χ0) is 17.5. The second kappa shape index (κ2) is 5.90. The highest BCUT2D eigenvalue weighted by Gasteiger charge is 2.14. The zero-order valence-corrected chi connectivity index (χ0v) is 14.1. The summed E-state index contributed by atoms with van der Waals surface area (Å²) in [5.74, 6) is -0.0443. The Balaban J connectivity index is 2.02. The first-order chi connectivity index (χ1) is 11.3. The summed E-state index contributed by atoms with van der Waals surface area (Å²) in [6, 6.07) is 10.8. The van der Waals surface area contributed by atoms with Gasteiger partial charge in [0.15, 0.2) is 5.69 Å². The summed E-state index contributed by atoms with van der Waals surface area (Å²) >= 11 is 6.00. The lowest BCUT2D eigenvalue weighted by molar-refractivity contribution is 0.436. The van der Waals surface area contributed by atoms with Crippen molar-refractivity contribution >= 4 is 43.9 Å². The van der Waals surface area contributed by atoms with Crippen molar-refractivity contribution in [2.24, 2.45) is 22.4 Å². The molecule has 0 aliphatic heterocycles. The monoisotopic (exact) mass is 364 g/mol. The molecule has 0 saturated carbocycles. The van der Waals surface area contributed by atoms with Crippen molar-refractivity contribution in [2.45, 2.75) is 4.90 Å². The summed E-state index contributed by atoms with van der Waals surface area (Å²) in [6.45, 7) is 0. The normalized spacial score (nSPS) is 12.3. The minimum Gasteiger partial charge on any atom is -0.493 e. The first-order valence-electron chi connectivity index (χ1n) is 6.79. The number of nitrogens with two attached hydrogens (primary N) is 1. The number of nitrogens with zero attached hydrogens (tertiary/aromatic N) is 3. The number of aryl methyl sites for hydroxylation is 1. The van der Waals surface area contributed by atoms with Crippen molar-refractivity contribution in [1.29, 1.82) is 0 Å². The van der Waals surface area contributed by atoms with Crippen molar-refractivity contribution in [1.82, 2.24) is 4.57 Å². The fourth-order valence-corrected chi connectivity index (χ4v) is 2.98. The van der Waals surface area contributed by atoms with E-state index in [1.54, 1.807) is 29.8 Å². The minimum absolute atomic E-state index is 0.0127. The Hall–Kier alpha value is -2.42. The Labute approximate surface area is 143 Å². The van der Waals surface area contributed by atoms with E-state index in [4.69, 9.17) is 16.7 Å². The van der Waals surface area contributed by atoms with Crippen LogP contribution in [0.3, 0.4) is 0 Å². The van der Waals surface area contributed by atoms with Crippen LogP contribution in [0.15, 0.2) is 57.6 Å². The number of primary sulfonamides is 1. The lowest BCUT2D eigenvalue weighted by Gasteiger charge is -1.98. The highest BCUT2D eigenvalue weighted by atomic mass is 35.5. The molecule has 0 amide bonds. The molecule has 0 aliphatic rings. The van der Waals surface area contributed by atoms with Crippen LogP contribution in [0.4, 0.5) is 11.4 Å². The van der Waals surface area contributed by atoms with Crippen LogP contribution < -0.4 is 5.14 Å². The molecule has 9 heteroatoms. The fourth-order valence-electron chi connectivity index (χ4n) is 2.29. The van der Waals surface area contributed by atoms with E-state index in [-0.39, 0.29) is 16.5 Å². The van der Waals surface area contributed by atoms with Crippen LogP contribution in [0.1, 0.15) is 0 Å². The molecular formula is C15H13ClN4O3S. The first kappa shape index (κ1) is 16.4. The van der Waals surface area contributed by atoms with Gasteiger partial charge in [-0.3, -0.25) is 0 Å². The molecule has 0 saturated heterocycles. The predicted octanol–water partition coefficient (Wildman–Crippen LogP) is 3.60. The van der Waals surface area contributed by atoms with Crippen LogP contribution in [0.2, 0.25) is 5.02 Å². The number of hydrogen-bond acceptors (Lipinski definition) is 5. The number of azo groups is 1. The zero-order valence-electron chi connectivity index (χ0n) is 12.5. The van der Waals surface area contributed by atoms with Gasteiger partial charge < -0.3 is 9.67 Å². The number of benzene rings is 2. The highest BCUT2D eigenvalue weighted by molar-refractivity contribution is 7.89. The third kappa shape index (κ3) is 2.99. The first-order valence-corrected chi connectivity index (χ1v) is 8.71. The fraction of sp³-hybridized carbons (Fsp3) is 0.0667. The third-order valence-electron chi connectivity index (χ3n) is 3.54. The quantitative estimate of drug-likeness (QED) is 0.692. The number of aromatic hydroxyl groups is 1. The SMILES string of the molecule is Cn1c(O)c(N=Nc2ccc(S(N)(=O)=O)cc2)c2cc(Cl)ccc21. The topological polar surface area (TPSA) is 110 Å². The second-order valence-electron chi connectivity index (χ2n) is 5.13. The highest BCUT2D eigenvalue weighted by Crippen LogP contribution is 2.39. The van der Waals surface area contributed by atoms with Crippen LogP contribution in [-0.2, 0) is 17.1 Å². The molecule has 3 aromatic rings. The van der Waals surface area contributed by atoms with Crippen molar-refractivity contribution in [2.75, 3.05) is 0 Å². The van der Waals surface area contributed by atoms with Gasteiger partial charge in [-0.15, -0.1) is 5.11 Å². The van der Waals surface area contributed by atoms with Crippen molar-refractivity contribution in [3.05, 3.63) is 47.5 Å². The average molecular weight is 365 g/mol. The van der Waals surface area contributed by atoms with Crippen molar-refractivity contribution < 1.29 is 13.5 Å². The molecule has 124 valence electrons. The lowest BCUT2D eigenvalue weighted by atomic mass is 10.2. The summed E-state index contributed by atoms with van der Waals surface area (Å²) < 4.78 is 24.0. The van der Waals surface area contributed by atoms with Crippen LogP contribution in [0, 0.1) is 0 Å². The molecule has 1 aromatic heterocycles. The largest absolute Gasteiger partial charge is 0.493 e. The molecule has 1 heterocycles. The molecule has 0 aliphatic carbocycles. The lowest BCUT2D eigenvalue weighted by Crippen LogP contribution is -2.11. The third-order valence-corrected chi connectivity index (χ3v) is 4.70. The van der Waals surface area contributed by atoms with E-state index >= 15 is 0 Å². The minimum atomic E-state index is -3.75. The Morgan fingerprint density at radius 1 is 1.12 bits per heavy atom. The van der Waals surface area contributed by atoms with Crippen molar-refractivity contribution in [3.8, 4) is 5.88 Å². The van der Waals surface area contributed by atoms with Gasteiger partial charge in [0.1, 0.15) is 0 Å². The summed E-state index contributed by atoms with van der Waals surface area (Å²) in [5.41, 5.74) is 1.46. The van der Waals surface area contributed by atoms with Crippen molar-refractivity contribution in [3.63, 3.8) is 0 Å². The number of halogens is 1. The van der Waals surface area contributed by atoms with Gasteiger partial charge in [0.2, 0.25) is 15.9 Å². The van der Waals surface area contributed by atoms with E-state index in [1.165, 1.54) is 24.3 Å². The smallest absolute Gasteiger partial charge is 0.238 e. The molecule has 0 fully saturated rings. The maximum absolute atomic E-state index is 11.2. The molecule has 0 radical (unpaired) electrons. The van der Waals surface area contributed by atoms with Gasteiger partial charge in [-0.25, -0.2) is 13.6 Å². The summed E-state index contributed by atoms with van der Waals surface area (Å²) in [7, 11) is -2.05. The molecule has 2 aromatic carbocycles. The van der Waals surface area contributed by atoms with Gasteiger partial charge in [-0.2, -0.15) is 5.11 Å². The van der Waals surface area contributed by atoms with E-state index in [9.17, 15) is 13.5 Å². The molecule has 3 N–H and O–H groups in total. The van der Waals surface area contributed by atoms with Crippen LogP contribution in [0.5, 0.6) is 5.88 Å². The molecular weight excluding hydrogens is 352 g/mol. The van der Waals surface area contributed by atoms with E-state index in [2.05, 4.69) is 10.2 Å². The van der Waals surface area contributed by atoms with Crippen LogP contribution >= 0.6 is 11.6 Å². The number of aromatic nitrogens is 1. The molecule has 3 rings (SSSR count). The summed E-state index contributed by atoms with van der Waals surface area (Å²) in [4.78, 5) is -0.0127. The van der Waals surface area contributed by atoms with Gasteiger partial charge in [-0.1, -0.05) is 11.6 Å². The maximum atomic E-state index is 11.2. The average Bonchev–Trinajstić information content (AvgIpc) is 2.76. The summed E-state index contributed by atoms with van der Waals surface area (Å²) in [6.07, 6.45) is 0. The Bertz CT molecular complexity index is 1060. The van der Waals surface area contributed by atoms with Crippen LogP contribution in [0.25, 0.3) is 10.9 Å². The van der Waals surface area contributed by atoms with Gasteiger partial charge in [0.25, 0.3) is 0 Å². The van der Waals surface area contributed by atoms with Gasteiger partial charge in [0, 0.05) is 17.5 Å². The molecule has 0 atom stereocenters. The number of sulfonamides is 1. The molecule has 24 heavy (non-hydrogen) atoms. The summed E-state index contributed by atoms with van der Waals surface area (Å²) in [5, 5.41) is 24.5. The van der Waals surface area contributed by atoms with Gasteiger partial charge in [0.05, 0.1) is 16.1 Å². The number of fused-ring (bicyclic) bond motifs is 1. The molecule has 0 unspecified atom stereocenters.